The predicted molar refractivity (Wildman–Crippen MR) is 65.8 cm³/mol. The van der Waals surface area contributed by atoms with E-state index >= 15 is 0 Å². The van der Waals surface area contributed by atoms with E-state index in [1.54, 1.807) is 18.9 Å². The Labute approximate surface area is 98.7 Å². The van der Waals surface area contributed by atoms with Crippen LogP contribution in [0, 0.1) is 0 Å². The number of benzene rings is 1. The van der Waals surface area contributed by atoms with Crippen molar-refractivity contribution in [2.75, 3.05) is 24.3 Å². The lowest BCUT2D eigenvalue weighted by Gasteiger charge is -2.23. The molecule has 1 aliphatic heterocycles. The molecule has 4 nitrogen and oxygen atoms in total. The Balaban J connectivity index is 2.19. The number of carbonyl (C=O) groups is 1. The number of hydrogen-bond acceptors (Lipinski definition) is 4. The summed E-state index contributed by atoms with van der Waals surface area (Å²) in [6.45, 7) is 0.852. The van der Waals surface area contributed by atoms with E-state index in [1.807, 2.05) is 29.2 Å². The number of anilines is 1. The minimum atomic E-state index is -0.279. The van der Waals surface area contributed by atoms with E-state index in [1.165, 1.54) is 0 Å². The van der Waals surface area contributed by atoms with Gasteiger partial charge in [0.1, 0.15) is 5.75 Å². The number of thioether (sulfide) groups is 1. The summed E-state index contributed by atoms with van der Waals surface area (Å²) >= 11 is 1.58. The zero-order chi connectivity index (χ0) is 11.5. The Morgan fingerprint density at radius 2 is 2.19 bits per heavy atom. The largest absolute Gasteiger partial charge is 0.497 e. The molecular weight excluding hydrogens is 224 g/mol. The Morgan fingerprint density at radius 3 is 2.75 bits per heavy atom. The van der Waals surface area contributed by atoms with Crippen LogP contribution in [0.15, 0.2) is 24.3 Å². The lowest BCUT2D eigenvalue weighted by Crippen LogP contribution is -2.38. The second kappa shape index (κ2) is 4.65. The molecular formula is C11H14N2O2S. The molecule has 1 saturated heterocycles. The number of primary amides is 1. The number of hydrogen-bond donors (Lipinski definition) is 1. The summed E-state index contributed by atoms with van der Waals surface area (Å²) in [6, 6.07) is 7.66. The number of methoxy groups -OCH3 is 1. The predicted octanol–water partition coefficient (Wildman–Crippen LogP) is 1.06. The topological polar surface area (TPSA) is 55.6 Å². The highest BCUT2D eigenvalue weighted by Crippen LogP contribution is 2.30. The first-order chi connectivity index (χ1) is 7.72. The summed E-state index contributed by atoms with van der Waals surface area (Å²) in [7, 11) is 1.63. The van der Waals surface area contributed by atoms with E-state index in [2.05, 4.69) is 0 Å². The third-order valence-electron chi connectivity index (χ3n) is 2.54. The van der Waals surface area contributed by atoms with Crippen LogP contribution >= 0.6 is 11.8 Å². The molecule has 1 aliphatic rings. The summed E-state index contributed by atoms with van der Waals surface area (Å²) in [5.41, 5.74) is 6.36. The van der Waals surface area contributed by atoms with Gasteiger partial charge in [0.25, 0.3) is 5.91 Å². The molecule has 1 heterocycles. The molecule has 1 aromatic rings. The van der Waals surface area contributed by atoms with Crippen molar-refractivity contribution < 1.29 is 9.53 Å². The van der Waals surface area contributed by atoms with Crippen LogP contribution in [0.2, 0.25) is 0 Å². The van der Waals surface area contributed by atoms with E-state index in [4.69, 9.17) is 10.5 Å². The highest BCUT2D eigenvalue weighted by atomic mass is 32.2. The monoisotopic (exact) mass is 238 g/mol. The molecule has 0 radical (unpaired) electrons. The molecule has 0 bridgehead atoms. The van der Waals surface area contributed by atoms with E-state index in [0.717, 1.165) is 23.7 Å². The molecule has 0 aromatic heterocycles. The summed E-state index contributed by atoms with van der Waals surface area (Å²) < 4.78 is 5.09. The van der Waals surface area contributed by atoms with Crippen LogP contribution in [0.1, 0.15) is 0 Å². The lowest BCUT2D eigenvalue weighted by molar-refractivity contribution is -0.117. The second-order valence-corrected chi connectivity index (χ2v) is 4.71. The number of nitrogens with zero attached hydrogens (tertiary/aromatic N) is 1. The molecule has 2 rings (SSSR count). The maximum atomic E-state index is 11.2. The highest BCUT2D eigenvalue weighted by molar-refractivity contribution is 8.01. The van der Waals surface area contributed by atoms with Gasteiger partial charge in [-0.25, -0.2) is 0 Å². The molecule has 0 unspecified atom stereocenters. The van der Waals surface area contributed by atoms with Gasteiger partial charge in [-0.1, -0.05) is 0 Å². The van der Waals surface area contributed by atoms with Crippen molar-refractivity contribution in [2.45, 2.75) is 5.37 Å². The third kappa shape index (κ3) is 2.09. The van der Waals surface area contributed by atoms with Crippen molar-refractivity contribution in [1.82, 2.24) is 0 Å². The molecule has 16 heavy (non-hydrogen) atoms. The van der Waals surface area contributed by atoms with Crippen LogP contribution in [-0.2, 0) is 4.79 Å². The molecule has 86 valence electrons. The number of carbonyl (C=O) groups excluding carboxylic acids is 1. The fraction of sp³-hybridized carbons (Fsp3) is 0.364. The summed E-state index contributed by atoms with van der Waals surface area (Å²) in [4.78, 5) is 13.3. The number of amides is 1. The molecule has 5 heteroatoms. The molecule has 2 N–H and O–H groups in total. The van der Waals surface area contributed by atoms with Gasteiger partial charge in [0, 0.05) is 18.0 Å². The van der Waals surface area contributed by atoms with Crippen LogP contribution in [0.4, 0.5) is 5.69 Å². The average molecular weight is 238 g/mol. The minimum Gasteiger partial charge on any atom is -0.497 e. The Kier molecular flexibility index (Phi) is 3.24. The molecule has 1 fully saturated rings. The first kappa shape index (κ1) is 11.1. The maximum absolute atomic E-state index is 11.2. The highest BCUT2D eigenvalue weighted by Gasteiger charge is 2.29. The second-order valence-electron chi connectivity index (χ2n) is 3.52. The quantitative estimate of drug-likeness (QED) is 0.855. The third-order valence-corrected chi connectivity index (χ3v) is 3.76. The zero-order valence-corrected chi connectivity index (χ0v) is 9.87. The van der Waals surface area contributed by atoms with Gasteiger partial charge in [-0.2, -0.15) is 0 Å². The molecule has 1 amide bonds. The standard InChI is InChI=1S/C11H14N2O2S/c1-15-9-4-2-8(3-5-9)13-6-7-16-11(13)10(12)14/h2-5,11H,6-7H2,1H3,(H2,12,14)/t11-/m1/s1. The van der Waals surface area contributed by atoms with Crippen LogP contribution in [-0.4, -0.2) is 30.7 Å². The van der Waals surface area contributed by atoms with Crippen molar-refractivity contribution in [3.63, 3.8) is 0 Å². The summed E-state index contributed by atoms with van der Waals surface area (Å²) in [6.07, 6.45) is 0. The van der Waals surface area contributed by atoms with Crippen molar-refractivity contribution in [2.24, 2.45) is 5.73 Å². The molecule has 0 spiro atoms. The maximum Gasteiger partial charge on any atom is 0.250 e. The van der Waals surface area contributed by atoms with E-state index < -0.39 is 0 Å². The van der Waals surface area contributed by atoms with Gasteiger partial charge in [-0.15, -0.1) is 11.8 Å². The average Bonchev–Trinajstić information content (AvgIpc) is 2.78. The van der Waals surface area contributed by atoms with Gasteiger partial charge in [-0.05, 0) is 24.3 Å². The molecule has 0 aliphatic carbocycles. The summed E-state index contributed by atoms with van der Waals surface area (Å²) in [5, 5.41) is -0.242. The molecule has 1 aromatic carbocycles. The normalized spacial score (nSPS) is 19.8. The summed E-state index contributed by atoms with van der Waals surface area (Å²) in [5.74, 6) is 1.46. The van der Waals surface area contributed by atoms with Crippen LogP contribution < -0.4 is 15.4 Å². The van der Waals surface area contributed by atoms with E-state index in [-0.39, 0.29) is 11.3 Å². The SMILES string of the molecule is COc1ccc(N2CCS[C@@H]2C(N)=O)cc1. The van der Waals surface area contributed by atoms with Crippen LogP contribution in [0.3, 0.4) is 0 Å². The van der Waals surface area contributed by atoms with Crippen LogP contribution in [0.5, 0.6) is 5.75 Å². The fourth-order valence-electron chi connectivity index (χ4n) is 1.74. The van der Waals surface area contributed by atoms with Gasteiger partial charge in [0.05, 0.1) is 7.11 Å². The lowest BCUT2D eigenvalue weighted by atomic mass is 10.2. The van der Waals surface area contributed by atoms with Crippen LogP contribution in [0.25, 0.3) is 0 Å². The smallest absolute Gasteiger partial charge is 0.250 e. The van der Waals surface area contributed by atoms with Gasteiger partial charge >= 0.3 is 0 Å². The Bertz CT molecular complexity index is 380. The van der Waals surface area contributed by atoms with Gasteiger partial charge in [0.15, 0.2) is 5.37 Å². The van der Waals surface area contributed by atoms with Crippen molar-refractivity contribution in [3.8, 4) is 5.75 Å². The number of rotatable bonds is 3. The Hall–Kier alpha value is -1.36. The first-order valence-corrected chi connectivity index (χ1v) is 6.09. The zero-order valence-electron chi connectivity index (χ0n) is 9.05. The van der Waals surface area contributed by atoms with Crippen molar-refractivity contribution in [1.29, 1.82) is 0 Å². The number of ether oxygens (including phenoxy) is 1. The minimum absolute atomic E-state index is 0.242. The number of nitrogens with two attached hydrogens (primary N) is 1. The van der Waals surface area contributed by atoms with Crippen molar-refractivity contribution >= 4 is 23.4 Å². The Morgan fingerprint density at radius 1 is 1.50 bits per heavy atom. The van der Waals surface area contributed by atoms with Crippen molar-refractivity contribution in [3.05, 3.63) is 24.3 Å². The van der Waals surface area contributed by atoms with Gasteiger partial charge in [-0.3, -0.25) is 4.79 Å². The van der Waals surface area contributed by atoms with E-state index in [9.17, 15) is 4.79 Å². The molecule has 0 saturated carbocycles. The van der Waals surface area contributed by atoms with Gasteiger partial charge < -0.3 is 15.4 Å². The fourth-order valence-corrected chi connectivity index (χ4v) is 2.84. The van der Waals surface area contributed by atoms with Gasteiger partial charge in [0.2, 0.25) is 0 Å². The first-order valence-electron chi connectivity index (χ1n) is 5.04. The van der Waals surface area contributed by atoms with E-state index in [0.29, 0.717) is 0 Å². The molecule has 1 atom stereocenters.